The van der Waals surface area contributed by atoms with Gasteiger partial charge >= 0.3 is 12.1 Å². The number of fused-ring (bicyclic) bond motifs is 3. The fraction of sp³-hybridized carbons (Fsp3) is 0.391. The first-order chi connectivity index (χ1) is 13.5. The molecule has 0 bridgehead atoms. The Morgan fingerprint density at radius 3 is 2.04 bits per heavy atom. The quantitative estimate of drug-likeness (QED) is 0.688. The van der Waals surface area contributed by atoms with E-state index in [9.17, 15) is 14.7 Å². The van der Waals surface area contributed by atoms with Gasteiger partial charge in [0.25, 0.3) is 0 Å². The molecule has 28 heavy (non-hydrogen) atoms. The Morgan fingerprint density at radius 2 is 1.54 bits per heavy atom. The number of nitrogens with one attached hydrogen (secondary N) is 1. The summed E-state index contributed by atoms with van der Waals surface area (Å²) < 4.78 is 5.46. The second-order valence-corrected chi connectivity index (χ2v) is 7.28. The topological polar surface area (TPSA) is 75.6 Å². The molecule has 5 nitrogen and oxygen atoms in total. The summed E-state index contributed by atoms with van der Waals surface area (Å²) in [6.45, 7) is 4.23. The molecule has 5 heteroatoms. The van der Waals surface area contributed by atoms with Crippen molar-refractivity contribution in [3.8, 4) is 11.1 Å². The van der Waals surface area contributed by atoms with Crippen LogP contribution in [0.5, 0.6) is 0 Å². The van der Waals surface area contributed by atoms with Crippen molar-refractivity contribution in [2.24, 2.45) is 5.92 Å². The number of amides is 1. The number of carboxylic acids is 1. The van der Waals surface area contributed by atoms with Crippen molar-refractivity contribution in [3.05, 3.63) is 59.7 Å². The third-order valence-corrected chi connectivity index (χ3v) is 5.66. The number of rotatable bonds is 8. The highest BCUT2D eigenvalue weighted by Gasteiger charge is 2.30. The Kier molecular flexibility index (Phi) is 6.34. The second-order valence-electron chi connectivity index (χ2n) is 7.28. The third kappa shape index (κ3) is 4.19. The Bertz CT molecular complexity index is 799. The molecule has 1 unspecified atom stereocenters. The van der Waals surface area contributed by atoms with Gasteiger partial charge in [0.1, 0.15) is 12.6 Å². The summed E-state index contributed by atoms with van der Waals surface area (Å²) in [5.41, 5.74) is 4.57. The predicted octanol–water partition coefficient (Wildman–Crippen LogP) is 4.80. The minimum absolute atomic E-state index is 0.0412. The molecular formula is C23H27NO4. The van der Waals surface area contributed by atoms with Crippen molar-refractivity contribution in [2.75, 3.05) is 6.61 Å². The molecule has 0 radical (unpaired) electrons. The number of carbonyl (C=O) groups is 2. The molecule has 0 aliphatic heterocycles. The first-order valence-corrected chi connectivity index (χ1v) is 9.89. The van der Waals surface area contributed by atoms with Crippen LogP contribution in [0.1, 0.15) is 50.2 Å². The van der Waals surface area contributed by atoms with E-state index in [2.05, 4.69) is 29.6 Å². The molecule has 148 valence electrons. The molecule has 1 amide bonds. The monoisotopic (exact) mass is 381 g/mol. The molecule has 0 heterocycles. The zero-order valence-electron chi connectivity index (χ0n) is 16.4. The molecule has 0 aromatic heterocycles. The third-order valence-electron chi connectivity index (χ3n) is 5.66. The molecule has 0 spiro atoms. The van der Waals surface area contributed by atoms with E-state index in [1.165, 1.54) is 0 Å². The molecule has 1 aliphatic carbocycles. The van der Waals surface area contributed by atoms with Crippen LogP contribution in [0.3, 0.4) is 0 Å². The second kappa shape index (κ2) is 8.91. The number of ether oxygens (including phenoxy) is 1. The number of carboxylic acid groups (broad SMARTS) is 1. The summed E-state index contributed by atoms with van der Waals surface area (Å²) >= 11 is 0. The maximum atomic E-state index is 12.3. The molecule has 0 saturated heterocycles. The number of carbonyl (C=O) groups excluding carboxylic acids is 1. The Morgan fingerprint density at radius 1 is 1.00 bits per heavy atom. The zero-order chi connectivity index (χ0) is 20.1. The number of hydrogen-bond donors (Lipinski definition) is 2. The van der Waals surface area contributed by atoms with Crippen molar-refractivity contribution < 1.29 is 19.4 Å². The van der Waals surface area contributed by atoms with Crippen molar-refractivity contribution in [3.63, 3.8) is 0 Å². The molecule has 2 N–H and O–H groups in total. The van der Waals surface area contributed by atoms with E-state index in [1.807, 2.05) is 38.1 Å². The largest absolute Gasteiger partial charge is 0.480 e. The van der Waals surface area contributed by atoms with Crippen LogP contribution in [-0.4, -0.2) is 29.8 Å². The fourth-order valence-corrected chi connectivity index (χ4v) is 3.96. The highest BCUT2D eigenvalue weighted by atomic mass is 16.5. The average Bonchev–Trinajstić information content (AvgIpc) is 3.03. The van der Waals surface area contributed by atoms with Gasteiger partial charge in [-0.3, -0.25) is 0 Å². The Balaban J connectivity index is 1.67. The van der Waals surface area contributed by atoms with E-state index in [4.69, 9.17) is 4.74 Å². The lowest BCUT2D eigenvalue weighted by Crippen LogP contribution is -2.42. The maximum Gasteiger partial charge on any atom is 0.407 e. The molecule has 1 aliphatic rings. The van der Waals surface area contributed by atoms with E-state index in [1.54, 1.807) is 0 Å². The fourth-order valence-electron chi connectivity index (χ4n) is 3.96. The van der Waals surface area contributed by atoms with Crippen LogP contribution in [0.25, 0.3) is 11.1 Å². The molecule has 0 saturated carbocycles. The van der Waals surface area contributed by atoms with Crippen molar-refractivity contribution in [1.29, 1.82) is 0 Å². The number of benzene rings is 2. The molecule has 0 fully saturated rings. The number of hydrogen-bond acceptors (Lipinski definition) is 3. The van der Waals surface area contributed by atoms with Gasteiger partial charge in [0, 0.05) is 5.92 Å². The standard InChI is InChI=1S/C23H27NO4/c1-3-15(4-2)13-21(22(25)26)24-23(27)28-14-20-18-11-7-5-9-16(18)17-10-6-8-12-19(17)20/h5-12,15,20-21H,3-4,13-14H2,1-2H3,(H,24,27)(H,25,26). The van der Waals surface area contributed by atoms with Gasteiger partial charge in [-0.1, -0.05) is 75.2 Å². The van der Waals surface area contributed by atoms with Gasteiger partial charge in [0.2, 0.25) is 0 Å². The Hall–Kier alpha value is -2.82. The van der Waals surface area contributed by atoms with Gasteiger partial charge in [-0.05, 0) is 34.6 Å². The van der Waals surface area contributed by atoms with Crippen molar-refractivity contribution >= 4 is 12.1 Å². The van der Waals surface area contributed by atoms with Crippen LogP contribution in [0, 0.1) is 5.92 Å². The number of aliphatic carboxylic acids is 1. The lowest BCUT2D eigenvalue weighted by molar-refractivity contribution is -0.139. The summed E-state index contributed by atoms with van der Waals surface area (Å²) in [5.74, 6) is -0.809. The number of alkyl carbamates (subject to hydrolysis) is 1. The smallest absolute Gasteiger partial charge is 0.407 e. The lowest BCUT2D eigenvalue weighted by Gasteiger charge is -2.20. The van der Waals surface area contributed by atoms with E-state index in [0.717, 1.165) is 35.1 Å². The predicted molar refractivity (Wildman–Crippen MR) is 108 cm³/mol. The van der Waals surface area contributed by atoms with Crippen molar-refractivity contribution in [1.82, 2.24) is 5.32 Å². The van der Waals surface area contributed by atoms with E-state index in [0.29, 0.717) is 6.42 Å². The van der Waals surface area contributed by atoms with Gasteiger partial charge < -0.3 is 15.2 Å². The lowest BCUT2D eigenvalue weighted by atomic mass is 9.95. The highest BCUT2D eigenvalue weighted by molar-refractivity contribution is 5.81. The minimum atomic E-state index is -1.03. The summed E-state index contributed by atoms with van der Waals surface area (Å²) in [6.07, 6.45) is 1.49. The van der Waals surface area contributed by atoms with Gasteiger partial charge in [0.15, 0.2) is 0 Å². The highest BCUT2D eigenvalue weighted by Crippen LogP contribution is 2.44. The van der Waals surface area contributed by atoms with Crippen LogP contribution in [0.15, 0.2) is 48.5 Å². The molecule has 3 rings (SSSR count). The van der Waals surface area contributed by atoms with Gasteiger partial charge in [0.05, 0.1) is 0 Å². The zero-order valence-corrected chi connectivity index (χ0v) is 16.4. The Labute approximate surface area is 165 Å². The summed E-state index contributed by atoms with van der Waals surface area (Å²) in [7, 11) is 0. The van der Waals surface area contributed by atoms with Gasteiger partial charge in [-0.25, -0.2) is 9.59 Å². The normalized spacial score (nSPS) is 13.7. The SMILES string of the molecule is CCC(CC)CC(NC(=O)OCC1c2ccccc2-c2ccccc21)C(=O)O. The van der Waals surface area contributed by atoms with Crippen LogP contribution in [0.2, 0.25) is 0 Å². The van der Waals surface area contributed by atoms with E-state index in [-0.39, 0.29) is 18.4 Å². The summed E-state index contributed by atoms with van der Waals surface area (Å²) in [6, 6.07) is 15.3. The summed E-state index contributed by atoms with van der Waals surface area (Å²) in [4.78, 5) is 23.8. The van der Waals surface area contributed by atoms with Crippen LogP contribution < -0.4 is 5.32 Å². The van der Waals surface area contributed by atoms with E-state index >= 15 is 0 Å². The molecule has 2 aromatic carbocycles. The molecule has 2 aromatic rings. The molecule has 1 atom stereocenters. The summed E-state index contributed by atoms with van der Waals surface area (Å²) in [5, 5.41) is 12.0. The van der Waals surface area contributed by atoms with Gasteiger partial charge in [-0.15, -0.1) is 0 Å². The van der Waals surface area contributed by atoms with E-state index < -0.39 is 18.1 Å². The van der Waals surface area contributed by atoms with Crippen LogP contribution in [0.4, 0.5) is 4.79 Å². The minimum Gasteiger partial charge on any atom is -0.480 e. The van der Waals surface area contributed by atoms with Crippen LogP contribution in [-0.2, 0) is 9.53 Å². The molecular weight excluding hydrogens is 354 g/mol. The van der Waals surface area contributed by atoms with Gasteiger partial charge in [-0.2, -0.15) is 0 Å². The maximum absolute atomic E-state index is 12.3. The van der Waals surface area contributed by atoms with Crippen LogP contribution >= 0.6 is 0 Å². The van der Waals surface area contributed by atoms with Crippen molar-refractivity contribution in [2.45, 2.75) is 45.1 Å². The first kappa shape index (κ1) is 19.9. The average molecular weight is 381 g/mol. The first-order valence-electron chi connectivity index (χ1n) is 9.89.